The minimum atomic E-state index is -0.246. The van der Waals surface area contributed by atoms with Crippen LogP contribution in [0.5, 0.6) is 0 Å². The van der Waals surface area contributed by atoms with Gasteiger partial charge in [0.2, 0.25) is 17.7 Å². The Hall–Kier alpha value is -2.58. The van der Waals surface area contributed by atoms with E-state index in [9.17, 15) is 9.18 Å². The number of nitrogens with one attached hydrogen (secondary N) is 1. The monoisotopic (exact) mass is 486 g/mol. The summed E-state index contributed by atoms with van der Waals surface area (Å²) in [5.41, 5.74) is 2.25. The Morgan fingerprint density at radius 2 is 2.03 bits per heavy atom. The molecule has 8 heteroatoms. The zero-order chi connectivity index (χ0) is 21.8. The molecule has 1 aromatic heterocycles. The minimum absolute atomic E-state index is 0.0235. The van der Waals surface area contributed by atoms with Crippen molar-refractivity contribution in [1.29, 1.82) is 0 Å². The van der Waals surface area contributed by atoms with E-state index in [2.05, 4.69) is 36.3 Å². The van der Waals surface area contributed by atoms with E-state index >= 15 is 0 Å². The van der Waals surface area contributed by atoms with Gasteiger partial charge in [-0.05, 0) is 68.2 Å². The molecule has 1 aliphatic heterocycles. The molecule has 0 radical (unpaired) electrons. The topological polar surface area (TPSA) is 71.3 Å². The largest absolute Gasteiger partial charge is 0.419 e. The van der Waals surface area contributed by atoms with Crippen molar-refractivity contribution < 1.29 is 13.6 Å². The molecule has 1 fully saturated rings. The van der Waals surface area contributed by atoms with Crippen molar-refractivity contribution in [2.24, 2.45) is 5.92 Å². The summed E-state index contributed by atoms with van der Waals surface area (Å²) in [4.78, 5) is 14.7. The smallest absolute Gasteiger partial charge is 0.247 e. The van der Waals surface area contributed by atoms with Gasteiger partial charge in [-0.25, -0.2) is 4.39 Å². The summed E-state index contributed by atoms with van der Waals surface area (Å²) in [5, 5.41) is 11.2. The lowest BCUT2D eigenvalue weighted by Gasteiger charge is -2.30. The van der Waals surface area contributed by atoms with Crippen LogP contribution in [-0.2, 0) is 17.9 Å². The predicted octanol–water partition coefficient (Wildman–Crippen LogP) is 4.48. The number of amides is 1. The van der Waals surface area contributed by atoms with Gasteiger partial charge >= 0.3 is 0 Å². The number of benzene rings is 2. The molecule has 4 rings (SSSR count). The number of likely N-dealkylation sites (tertiary alicyclic amines) is 1. The van der Waals surface area contributed by atoms with Gasteiger partial charge in [0, 0.05) is 22.5 Å². The first-order valence-electron chi connectivity index (χ1n) is 10.3. The summed E-state index contributed by atoms with van der Waals surface area (Å²) in [7, 11) is 0. The van der Waals surface area contributed by atoms with E-state index in [0.717, 1.165) is 41.5 Å². The van der Waals surface area contributed by atoms with Crippen LogP contribution in [0.15, 0.2) is 51.4 Å². The average molecular weight is 487 g/mol. The molecule has 0 spiro atoms. The van der Waals surface area contributed by atoms with Crippen LogP contribution in [0.2, 0.25) is 0 Å². The molecular formula is C23H24BrFN4O2. The molecule has 2 aromatic carbocycles. The van der Waals surface area contributed by atoms with Gasteiger partial charge in [0.1, 0.15) is 5.82 Å². The molecule has 1 aliphatic rings. The standard InChI is InChI=1S/C23H24BrFN4O2/c1-15-5-6-16(11-20(15)25)13-26-22(30)17-7-9-29(10-8-17)14-21-27-28-23(31-21)18-3-2-4-19(24)12-18/h2-6,11-12,17H,7-10,13-14H2,1H3,(H,26,30). The highest BCUT2D eigenvalue weighted by molar-refractivity contribution is 9.10. The highest BCUT2D eigenvalue weighted by atomic mass is 79.9. The Kier molecular flexibility index (Phi) is 6.77. The number of rotatable bonds is 6. The van der Waals surface area contributed by atoms with Gasteiger partial charge in [-0.2, -0.15) is 0 Å². The van der Waals surface area contributed by atoms with E-state index in [1.165, 1.54) is 6.07 Å². The van der Waals surface area contributed by atoms with E-state index < -0.39 is 0 Å². The Morgan fingerprint density at radius 3 is 2.77 bits per heavy atom. The van der Waals surface area contributed by atoms with E-state index in [0.29, 0.717) is 30.4 Å². The summed E-state index contributed by atoms with van der Waals surface area (Å²) < 4.78 is 20.4. The number of aryl methyl sites for hydroxylation is 1. The number of aromatic nitrogens is 2. The van der Waals surface area contributed by atoms with E-state index in [1.807, 2.05) is 30.3 Å². The Labute approximate surface area is 189 Å². The molecule has 6 nitrogen and oxygen atoms in total. The number of hydrogen-bond donors (Lipinski definition) is 1. The van der Waals surface area contributed by atoms with E-state index in [1.54, 1.807) is 13.0 Å². The van der Waals surface area contributed by atoms with Crippen LogP contribution in [0.25, 0.3) is 11.5 Å². The molecule has 3 aromatic rings. The summed E-state index contributed by atoms with van der Waals surface area (Å²) in [5.74, 6) is 0.809. The maximum atomic E-state index is 13.7. The maximum absolute atomic E-state index is 13.7. The predicted molar refractivity (Wildman–Crippen MR) is 118 cm³/mol. The van der Waals surface area contributed by atoms with E-state index in [-0.39, 0.29) is 17.6 Å². The fourth-order valence-electron chi connectivity index (χ4n) is 3.68. The van der Waals surface area contributed by atoms with Gasteiger partial charge in [0.25, 0.3) is 0 Å². The number of carbonyl (C=O) groups is 1. The van der Waals surface area contributed by atoms with Gasteiger partial charge in [-0.15, -0.1) is 10.2 Å². The van der Waals surface area contributed by atoms with Crippen molar-refractivity contribution in [3.8, 4) is 11.5 Å². The second kappa shape index (κ2) is 9.70. The molecular weight excluding hydrogens is 463 g/mol. The van der Waals surface area contributed by atoms with Crippen LogP contribution in [-0.4, -0.2) is 34.1 Å². The minimum Gasteiger partial charge on any atom is -0.419 e. The van der Waals surface area contributed by atoms with Gasteiger partial charge in [0.05, 0.1) is 6.54 Å². The van der Waals surface area contributed by atoms with Crippen molar-refractivity contribution in [2.75, 3.05) is 13.1 Å². The molecule has 1 amide bonds. The Balaban J connectivity index is 1.25. The SMILES string of the molecule is Cc1ccc(CNC(=O)C2CCN(Cc3nnc(-c4cccc(Br)c4)o3)CC2)cc1F. The lowest BCUT2D eigenvalue weighted by atomic mass is 9.96. The van der Waals surface area contributed by atoms with E-state index in [4.69, 9.17) is 4.42 Å². The highest BCUT2D eigenvalue weighted by Crippen LogP contribution is 2.23. The third-order valence-corrected chi connectivity index (χ3v) is 6.05. The summed E-state index contributed by atoms with van der Waals surface area (Å²) in [6, 6.07) is 12.8. The number of nitrogens with zero attached hydrogens (tertiary/aromatic N) is 3. The van der Waals surface area contributed by atoms with Crippen LogP contribution in [0.4, 0.5) is 4.39 Å². The first-order valence-corrected chi connectivity index (χ1v) is 11.1. The number of hydrogen-bond acceptors (Lipinski definition) is 5. The zero-order valence-electron chi connectivity index (χ0n) is 17.3. The number of halogens is 2. The zero-order valence-corrected chi connectivity index (χ0v) is 18.9. The number of carbonyl (C=O) groups excluding carboxylic acids is 1. The molecule has 2 heterocycles. The van der Waals surface area contributed by atoms with Crippen LogP contribution in [0, 0.1) is 18.7 Å². The number of piperidine rings is 1. The first-order chi connectivity index (χ1) is 15.0. The molecule has 31 heavy (non-hydrogen) atoms. The fourth-order valence-corrected chi connectivity index (χ4v) is 4.08. The van der Waals surface area contributed by atoms with Crippen molar-refractivity contribution in [1.82, 2.24) is 20.4 Å². The van der Waals surface area contributed by atoms with Crippen molar-refractivity contribution in [3.63, 3.8) is 0 Å². The third kappa shape index (κ3) is 5.57. The molecule has 0 atom stereocenters. The first kappa shape index (κ1) is 21.6. The van der Waals surface area contributed by atoms with Crippen molar-refractivity contribution in [3.05, 3.63) is 69.8 Å². The third-order valence-electron chi connectivity index (χ3n) is 5.56. The molecule has 162 valence electrons. The summed E-state index contributed by atoms with van der Waals surface area (Å²) in [6.07, 6.45) is 1.53. The van der Waals surface area contributed by atoms with Crippen LogP contribution >= 0.6 is 15.9 Å². The normalized spacial score (nSPS) is 15.2. The molecule has 0 bridgehead atoms. The van der Waals surface area contributed by atoms with Gasteiger partial charge in [-0.3, -0.25) is 9.69 Å². The van der Waals surface area contributed by atoms with Crippen LogP contribution in [0.3, 0.4) is 0 Å². The second-order valence-corrected chi connectivity index (χ2v) is 8.78. The summed E-state index contributed by atoms with van der Waals surface area (Å²) in [6.45, 7) is 4.20. The van der Waals surface area contributed by atoms with Gasteiger partial charge in [0.15, 0.2) is 0 Å². The Bertz CT molecular complexity index is 1060. The van der Waals surface area contributed by atoms with Crippen molar-refractivity contribution in [2.45, 2.75) is 32.9 Å². The molecule has 1 N–H and O–H groups in total. The maximum Gasteiger partial charge on any atom is 0.247 e. The lowest BCUT2D eigenvalue weighted by molar-refractivity contribution is -0.126. The van der Waals surface area contributed by atoms with Crippen LogP contribution in [0.1, 0.15) is 29.9 Å². The lowest BCUT2D eigenvalue weighted by Crippen LogP contribution is -2.40. The molecule has 0 aliphatic carbocycles. The molecule has 0 unspecified atom stereocenters. The highest BCUT2D eigenvalue weighted by Gasteiger charge is 2.26. The average Bonchev–Trinajstić information content (AvgIpc) is 3.23. The quantitative estimate of drug-likeness (QED) is 0.556. The van der Waals surface area contributed by atoms with Gasteiger partial charge < -0.3 is 9.73 Å². The van der Waals surface area contributed by atoms with Crippen molar-refractivity contribution >= 4 is 21.8 Å². The van der Waals surface area contributed by atoms with Crippen LogP contribution < -0.4 is 5.32 Å². The molecule has 0 saturated carbocycles. The van der Waals surface area contributed by atoms with Gasteiger partial charge in [-0.1, -0.05) is 34.1 Å². The Morgan fingerprint density at radius 1 is 1.23 bits per heavy atom. The molecule has 1 saturated heterocycles. The summed E-state index contributed by atoms with van der Waals surface area (Å²) >= 11 is 3.45. The fraction of sp³-hybridized carbons (Fsp3) is 0.348. The second-order valence-electron chi connectivity index (χ2n) is 7.86.